The molecular formula is C24H18ClFN4O5S. The summed E-state index contributed by atoms with van der Waals surface area (Å²) >= 11 is 5.91. The van der Waals surface area contributed by atoms with Crippen molar-refractivity contribution in [1.82, 2.24) is 0 Å². The van der Waals surface area contributed by atoms with Crippen molar-refractivity contribution in [2.24, 2.45) is 15.9 Å². The zero-order valence-corrected chi connectivity index (χ0v) is 19.9. The zero-order chi connectivity index (χ0) is 26.2. The van der Waals surface area contributed by atoms with Crippen LogP contribution >= 0.6 is 11.6 Å². The maximum atomic E-state index is 14.9. The first-order valence-electron chi connectivity index (χ1n) is 10.3. The molecule has 3 aromatic carbocycles. The molecule has 0 bridgehead atoms. The van der Waals surface area contributed by atoms with E-state index < -0.39 is 45.3 Å². The van der Waals surface area contributed by atoms with Crippen LogP contribution in [0.4, 0.5) is 10.1 Å². The predicted octanol–water partition coefficient (Wildman–Crippen LogP) is 3.07. The topological polar surface area (TPSA) is 156 Å². The molecule has 0 spiro atoms. The molecule has 4 rings (SSSR count). The van der Waals surface area contributed by atoms with Gasteiger partial charge in [0.2, 0.25) is 5.96 Å². The number of nitrogens with zero attached hydrogens (tertiary/aromatic N) is 2. The number of hydrogen-bond acceptors (Lipinski definition) is 5. The number of aliphatic hydroxyl groups excluding tert-OH is 1. The zero-order valence-electron chi connectivity index (χ0n) is 18.3. The van der Waals surface area contributed by atoms with Crippen LogP contribution in [0.5, 0.6) is 0 Å². The minimum atomic E-state index is -4.21. The van der Waals surface area contributed by atoms with Gasteiger partial charge in [0.1, 0.15) is 11.6 Å². The fraction of sp³-hybridized carbons (Fsp3) is 0.0417. The maximum absolute atomic E-state index is 14.9. The van der Waals surface area contributed by atoms with E-state index in [-0.39, 0.29) is 27.3 Å². The Balaban J connectivity index is 1.90. The van der Waals surface area contributed by atoms with Crippen molar-refractivity contribution >= 4 is 50.7 Å². The van der Waals surface area contributed by atoms with Gasteiger partial charge in [0, 0.05) is 21.8 Å². The molecule has 1 aliphatic heterocycles. The first kappa shape index (κ1) is 24.9. The van der Waals surface area contributed by atoms with Crippen LogP contribution in [-0.2, 0) is 19.6 Å². The van der Waals surface area contributed by atoms with Gasteiger partial charge in [-0.2, -0.15) is 8.42 Å². The number of rotatable bonds is 5. The third kappa shape index (κ3) is 4.53. The molecule has 184 valence electrons. The molecule has 0 aromatic heterocycles. The van der Waals surface area contributed by atoms with Crippen LogP contribution in [0.3, 0.4) is 0 Å². The molecule has 3 aromatic rings. The minimum absolute atomic E-state index is 0.0515. The van der Waals surface area contributed by atoms with E-state index in [0.717, 1.165) is 23.1 Å². The molecule has 0 aliphatic carbocycles. The highest BCUT2D eigenvalue weighted by Gasteiger charge is 2.47. The normalized spacial score (nSPS) is 17.3. The van der Waals surface area contributed by atoms with E-state index in [9.17, 15) is 27.5 Å². The summed E-state index contributed by atoms with van der Waals surface area (Å²) in [6.45, 7) is 0. The highest BCUT2D eigenvalue weighted by Crippen LogP contribution is 2.43. The molecule has 1 unspecified atom stereocenters. The van der Waals surface area contributed by atoms with Crippen LogP contribution in [0.25, 0.3) is 5.76 Å². The number of carbonyl (C=O) groups excluding carboxylic acids is 2. The summed E-state index contributed by atoms with van der Waals surface area (Å²) in [4.78, 5) is 27.0. The van der Waals surface area contributed by atoms with Crippen molar-refractivity contribution in [2.75, 3.05) is 4.90 Å². The Bertz CT molecular complexity index is 1530. The van der Waals surface area contributed by atoms with Gasteiger partial charge in [-0.25, -0.2) is 4.39 Å². The fourth-order valence-corrected chi connectivity index (χ4v) is 4.81. The molecule has 36 heavy (non-hydrogen) atoms. The number of sulfonamides is 1. The van der Waals surface area contributed by atoms with Crippen molar-refractivity contribution in [3.05, 3.63) is 100 Å². The summed E-state index contributed by atoms with van der Waals surface area (Å²) in [5.74, 6) is -3.99. The number of halogens is 2. The number of anilines is 1. The third-order valence-corrected chi connectivity index (χ3v) is 6.97. The molecule has 1 heterocycles. The van der Waals surface area contributed by atoms with E-state index in [0.29, 0.717) is 5.02 Å². The molecule has 0 radical (unpaired) electrons. The standard InChI is InChI=1S/C24H18ClFN4O5S/c25-14-7-5-13(6-8-14)21(31)19-20(17-3-1-2-4-18(17)26)30(23(33)22(19)32)15-9-11-16(12-10-15)36(34,35)29-24(27)28/h1-12,20,31H,(H4,27,28,29)/b21-19-. The predicted molar refractivity (Wildman–Crippen MR) is 132 cm³/mol. The third-order valence-electron chi connectivity index (χ3n) is 5.40. The van der Waals surface area contributed by atoms with Gasteiger partial charge in [0.05, 0.1) is 16.5 Å². The van der Waals surface area contributed by atoms with Gasteiger partial charge in [0.15, 0.2) is 0 Å². The van der Waals surface area contributed by atoms with Crippen molar-refractivity contribution in [3.8, 4) is 0 Å². The van der Waals surface area contributed by atoms with Gasteiger partial charge >= 0.3 is 0 Å². The van der Waals surface area contributed by atoms with E-state index in [1.807, 2.05) is 0 Å². The summed E-state index contributed by atoms with van der Waals surface area (Å²) in [5, 5.41) is 11.4. The Kier molecular flexibility index (Phi) is 6.53. The summed E-state index contributed by atoms with van der Waals surface area (Å²) in [6, 6.07) is 14.8. The van der Waals surface area contributed by atoms with Crippen molar-refractivity contribution in [1.29, 1.82) is 0 Å². The summed E-state index contributed by atoms with van der Waals surface area (Å²) in [7, 11) is -4.21. The Morgan fingerprint density at radius 3 is 2.17 bits per heavy atom. The molecule has 1 fully saturated rings. The van der Waals surface area contributed by atoms with Crippen molar-refractivity contribution < 1.29 is 27.5 Å². The molecule has 9 nitrogen and oxygen atoms in total. The van der Waals surface area contributed by atoms with Gasteiger partial charge in [-0.3, -0.25) is 14.5 Å². The molecule has 12 heteroatoms. The van der Waals surface area contributed by atoms with E-state index in [2.05, 4.69) is 4.40 Å². The lowest BCUT2D eigenvalue weighted by molar-refractivity contribution is -0.132. The fourth-order valence-electron chi connectivity index (χ4n) is 3.82. The lowest BCUT2D eigenvalue weighted by Crippen LogP contribution is -2.30. The Hall–Kier alpha value is -4.22. The number of aliphatic hydroxyl groups is 1. The average Bonchev–Trinajstić information content (AvgIpc) is 3.09. The second-order valence-corrected chi connectivity index (χ2v) is 9.72. The van der Waals surface area contributed by atoms with Crippen LogP contribution in [0.2, 0.25) is 5.02 Å². The lowest BCUT2D eigenvalue weighted by Gasteiger charge is -2.25. The number of ketones is 1. The quantitative estimate of drug-likeness (QED) is 0.151. The Morgan fingerprint density at radius 1 is 0.972 bits per heavy atom. The number of benzene rings is 3. The van der Waals surface area contributed by atoms with E-state index in [1.165, 1.54) is 54.6 Å². The van der Waals surface area contributed by atoms with Crippen LogP contribution in [0, 0.1) is 5.82 Å². The molecule has 1 saturated heterocycles. The van der Waals surface area contributed by atoms with Gasteiger partial charge in [-0.05, 0) is 54.6 Å². The molecular weight excluding hydrogens is 511 g/mol. The highest BCUT2D eigenvalue weighted by molar-refractivity contribution is 7.90. The molecule has 0 saturated carbocycles. The second kappa shape index (κ2) is 9.44. The molecule has 1 atom stereocenters. The van der Waals surface area contributed by atoms with Crippen LogP contribution in [-0.4, -0.2) is 31.2 Å². The number of carbonyl (C=O) groups is 2. The Labute approximate surface area is 210 Å². The van der Waals surface area contributed by atoms with Crippen LogP contribution in [0.15, 0.2) is 87.7 Å². The van der Waals surface area contributed by atoms with Gasteiger partial charge < -0.3 is 16.6 Å². The average molecular weight is 529 g/mol. The van der Waals surface area contributed by atoms with Gasteiger partial charge in [-0.1, -0.05) is 29.8 Å². The number of nitrogens with two attached hydrogens (primary N) is 2. The largest absolute Gasteiger partial charge is 0.507 e. The SMILES string of the molecule is NC(N)=NS(=O)(=O)c1ccc(N2C(=O)C(=O)/C(=C(\O)c3ccc(Cl)cc3)C2c2ccccc2F)cc1. The smallest absolute Gasteiger partial charge is 0.300 e. The van der Waals surface area contributed by atoms with Gasteiger partial charge in [-0.15, -0.1) is 4.40 Å². The summed E-state index contributed by atoms with van der Waals surface area (Å²) < 4.78 is 42.6. The Morgan fingerprint density at radius 2 is 1.58 bits per heavy atom. The number of hydrogen-bond donors (Lipinski definition) is 3. The van der Waals surface area contributed by atoms with E-state index in [4.69, 9.17) is 23.1 Å². The first-order valence-corrected chi connectivity index (χ1v) is 12.1. The van der Waals surface area contributed by atoms with Gasteiger partial charge in [0.25, 0.3) is 21.7 Å². The molecule has 1 aliphatic rings. The van der Waals surface area contributed by atoms with Crippen molar-refractivity contribution in [3.63, 3.8) is 0 Å². The number of Topliss-reactive ketones (excluding diaryl/α,β-unsaturated/α-hetero) is 1. The highest BCUT2D eigenvalue weighted by atomic mass is 35.5. The van der Waals surface area contributed by atoms with Crippen LogP contribution in [0.1, 0.15) is 17.2 Å². The first-order chi connectivity index (χ1) is 17.0. The van der Waals surface area contributed by atoms with E-state index >= 15 is 0 Å². The molecule has 1 amide bonds. The maximum Gasteiger partial charge on any atom is 0.300 e. The monoisotopic (exact) mass is 528 g/mol. The second-order valence-electron chi connectivity index (χ2n) is 7.68. The minimum Gasteiger partial charge on any atom is -0.507 e. The molecule has 5 N–H and O–H groups in total. The summed E-state index contributed by atoms with van der Waals surface area (Å²) in [5.41, 5.74) is 10.2. The summed E-state index contributed by atoms with van der Waals surface area (Å²) in [6.07, 6.45) is 0. The lowest BCUT2D eigenvalue weighted by atomic mass is 9.94. The number of amides is 1. The van der Waals surface area contributed by atoms with Crippen molar-refractivity contribution in [2.45, 2.75) is 10.9 Å². The van der Waals surface area contributed by atoms with E-state index in [1.54, 1.807) is 0 Å². The van der Waals surface area contributed by atoms with Crippen LogP contribution < -0.4 is 16.4 Å². The number of guanidine groups is 1.